The van der Waals surface area contributed by atoms with Crippen LogP contribution in [0.2, 0.25) is 0 Å². The molecule has 0 saturated carbocycles. The molecule has 6 heteroatoms. The summed E-state index contributed by atoms with van der Waals surface area (Å²) in [6, 6.07) is 5.15. The summed E-state index contributed by atoms with van der Waals surface area (Å²) >= 11 is 0. The number of anilines is 1. The van der Waals surface area contributed by atoms with Gasteiger partial charge in [0.05, 0.1) is 25.5 Å². The van der Waals surface area contributed by atoms with Gasteiger partial charge in [0.25, 0.3) is 5.91 Å². The second-order valence-corrected chi connectivity index (χ2v) is 4.79. The number of hydrogen-bond acceptors (Lipinski definition) is 5. The van der Waals surface area contributed by atoms with E-state index in [1.54, 1.807) is 18.2 Å². The van der Waals surface area contributed by atoms with Gasteiger partial charge in [-0.15, -0.1) is 0 Å². The number of carbonyl (C=O) groups is 1. The molecule has 110 valence electrons. The van der Waals surface area contributed by atoms with Crippen LogP contribution >= 0.6 is 0 Å². The highest BCUT2D eigenvalue weighted by Gasteiger charge is 2.24. The van der Waals surface area contributed by atoms with Crippen molar-refractivity contribution in [1.82, 2.24) is 5.16 Å². The number of benzene rings is 1. The van der Waals surface area contributed by atoms with Crippen molar-refractivity contribution in [2.45, 2.75) is 19.3 Å². The van der Waals surface area contributed by atoms with Crippen LogP contribution in [0.15, 0.2) is 22.7 Å². The van der Waals surface area contributed by atoms with E-state index in [4.69, 9.17) is 14.0 Å². The first kappa shape index (κ1) is 13.5. The molecule has 1 aliphatic rings. The molecule has 1 aromatic carbocycles. The van der Waals surface area contributed by atoms with Crippen LogP contribution in [0.5, 0.6) is 11.5 Å². The van der Waals surface area contributed by atoms with Crippen molar-refractivity contribution in [2.75, 3.05) is 19.5 Å². The molecule has 1 N–H and O–H groups in total. The minimum absolute atomic E-state index is 0.309. The van der Waals surface area contributed by atoms with E-state index in [9.17, 15) is 4.79 Å². The number of nitrogens with one attached hydrogen (secondary N) is 1. The Kier molecular flexibility index (Phi) is 3.51. The van der Waals surface area contributed by atoms with Gasteiger partial charge < -0.3 is 14.0 Å². The summed E-state index contributed by atoms with van der Waals surface area (Å²) in [4.78, 5) is 12.4. The molecular formula is C15H16N2O4. The van der Waals surface area contributed by atoms with Gasteiger partial charge in [-0.1, -0.05) is 11.2 Å². The first-order chi connectivity index (χ1) is 10.2. The second-order valence-electron chi connectivity index (χ2n) is 4.79. The van der Waals surface area contributed by atoms with Crippen LogP contribution in [0.4, 0.5) is 5.88 Å². The average molecular weight is 288 g/mol. The number of methoxy groups -OCH3 is 2. The Labute approximate surface area is 122 Å². The van der Waals surface area contributed by atoms with Gasteiger partial charge in [-0.3, -0.25) is 10.1 Å². The third-order valence-electron chi connectivity index (χ3n) is 3.58. The zero-order chi connectivity index (χ0) is 14.8. The average Bonchev–Trinajstić information content (AvgIpc) is 3.11. The van der Waals surface area contributed by atoms with E-state index in [1.807, 2.05) is 0 Å². The van der Waals surface area contributed by atoms with Crippen LogP contribution in [0.1, 0.15) is 28.0 Å². The number of aryl methyl sites for hydroxylation is 1. The number of carbonyl (C=O) groups excluding carboxylic acids is 1. The number of aromatic nitrogens is 1. The predicted molar refractivity (Wildman–Crippen MR) is 76.0 cm³/mol. The van der Waals surface area contributed by atoms with E-state index in [1.165, 1.54) is 14.2 Å². The Morgan fingerprint density at radius 3 is 2.90 bits per heavy atom. The SMILES string of the molecule is COc1cccc(C(=O)Nc2onc3c2CCC3)c1OC. The standard InChI is InChI=1S/C15H16N2O4/c1-19-12-8-4-6-10(13(12)20-2)14(18)16-15-9-5-3-7-11(9)17-21-15/h4,6,8H,3,5,7H2,1-2H3,(H,16,18). The first-order valence-electron chi connectivity index (χ1n) is 6.74. The molecule has 6 nitrogen and oxygen atoms in total. The predicted octanol–water partition coefficient (Wildman–Crippen LogP) is 2.43. The highest BCUT2D eigenvalue weighted by Crippen LogP contribution is 2.33. The fourth-order valence-corrected chi connectivity index (χ4v) is 2.56. The summed E-state index contributed by atoms with van der Waals surface area (Å²) in [5.74, 6) is 1.02. The van der Waals surface area contributed by atoms with Gasteiger partial charge >= 0.3 is 0 Å². The normalized spacial score (nSPS) is 12.9. The zero-order valence-corrected chi connectivity index (χ0v) is 11.9. The van der Waals surface area contributed by atoms with Gasteiger partial charge in [-0.05, 0) is 31.4 Å². The van der Waals surface area contributed by atoms with E-state index < -0.39 is 0 Å². The Bertz CT molecular complexity index is 678. The Morgan fingerprint density at radius 2 is 2.14 bits per heavy atom. The van der Waals surface area contributed by atoms with E-state index in [2.05, 4.69) is 10.5 Å². The molecule has 0 saturated heterocycles. The lowest BCUT2D eigenvalue weighted by atomic mass is 10.1. The van der Waals surface area contributed by atoms with Crippen LogP contribution in [-0.2, 0) is 12.8 Å². The summed E-state index contributed by atoms with van der Waals surface area (Å²) in [6.07, 6.45) is 2.82. The number of fused-ring (bicyclic) bond motifs is 1. The topological polar surface area (TPSA) is 73.6 Å². The van der Waals surface area contributed by atoms with Crippen molar-refractivity contribution in [3.05, 3.63) is 35.0 Å². The molecule has 3 rings (SSSR count). The summed E-state index contributed by atoms with van der Waals surface area (Å²) < 4.78 is 15.7. The summed E-state index contributed by atoms with van der Waals surface area (Å²) in [6.45, 7) is 0. The third kappa shape index (κ3) is 2.33. The van der Waals surface area contributed by atoms with Crippen LogP contribution in [-0.4, -0.2) is 25.3 Å². The Hall–Kier alpha value is -2.50. The molecule has 1 heterocycles. The largest absolute Gasteiger partial charge is 0.493 e. The van der Waals surface area contributed by atoms with Gasteiger partial charge in [0, 0.05) is 5.56 Å². The van der Waals surface area contributed by atoms with Crippen molar-refractivity contribution in [2.24, 2.45) is 0 Å². The van der Waals surface area contributed by atoms with E-state index in [0.29, 0.717) is 22.9 Å². The zero-order valence-electron chi connectivity index (χ0n) is 11.9. The molecule has 0 fully saturated rings. The van der Waals surface area contributed by atoms with Gasteiger partial charge in [-0.2, -0.15) is 0 Å². The molecular weight excluding hydrogens is 272 g/mol. The highest BCUT2D eigenvalue weighted by atomic mass is 16.5. The van der Waals surface area contributed by atoms with Crippen LogP contribution in [0.25, 0.3) is 0 Å². The molecule has 1 aliphatic carbocycles. The Balaban J connectivity index is 1.89. The maximum atomic E-state index is 12.4. The lowest BCUT2D eigenvalue weighted by molar-refractivity contribution is 0.102. The van der Waals surface area contributed by atoms with Crippen molar-refractivity contribution >= 4 is 11.8 Å². The summed E-state index contributed by atoms with van der Waals surface area (Å²) in [7, 11) is 3.03. The van der Waals surface area contributed by atoms with Crippen LogP contribution in [0.3, 0.4) is 0 Å². The molecule has 2 aromatic rings. The summed E-state index contributed by atoms with van der Waals surface area (Å²) in [5.41, 5.74) is 2.31. The monoisotopic (exact) mass is 288 g/mol. The van der Waals surface area contributed by atoms with E-state index >= 15 is 0 Å². The molecule has 0 unspecified atom stereocenters. The van der Waals surface area contributed by atoms with Gasteiger partial charge in [0.15, 0.2) is 11.5 Å². The smallest absolute Gasteiger partial charge is 0.261 e. The lowest BCUT2D eigenvalue weighted by Crippen LogP contribution is -2.14. The van der Waals surface area contributed by atoms with E-state index in [0.717, 1.165) is 30.5 Å². The molecule has 0 atom stereocenters. The quantitative estimate of drug-likeness (QED) is 0.935. The number of para-hydroxylation sites is 1. The fraction of sp³-hybridized carbons (Fsp3) is 0.333. The van der Waals surface area contributed by atoms with E-state index in [-0.39, 0.29) is 5.91 Å². The second kappa shape index (κ2) is 5.47. The third-order valence-corrected chi connectivity index (χ3v) is 3.58. The maximum Gasteiger partial charge on any atom is 0.261 e. The molecule has 0 spiro atoms. The lowest BCUT2D eigenvalue weighted by Gasteiger charge is -2.11. The maximum absolute atomic E-state index is 12.4. The molecule has 1 amide bonds. The number of rotatable bonds is 4. The molecule has 0 bridgehead atoms. The van der Waals surface area contributed by atoms with Gasteiger partial charge in [-0.25, -0.2) is 0 Å². The van der Waals surface area contributed by atoms with Crippen LogP contribution < -0.4 is 14.8 Å². The van der Waals surface area contributed by atoms with Crippen molar-refractivity contribution < 1.29 is 18.8 Å². The fourth-order valence-electron chi connectivity index (χ4n) is 2.56. The Morgan fingerprint density at radius 1 is 1.29 bits per heavy atom. The highest BCUT2D eigenvalue weighted by molar-refractivity contribution is 6.06. The van der Waals surface area contributed by atoms with Crippen molar-refractivity contribution in [1.29, 1.82) is 0 Å². The molecule has 0 radical (unpaired) electrons. The number of amides is 1. The number of hydrogen-bond donors (Lipinski definition) is 1. The molecule has 21 heavy (non-hydrogen) atoms. The van der Waals surface area contributed by atoms with Gasteiger partial charge in [0.2, 0.25) is 5.88 Å². The number of nitrogens with zero attached hydrogens (tertiary/aromatic N) is 1. The minimum atomic E-state index is -0.309. The van der Waals surface area contributed by atoms with Crippen molar-refractivity contribution in [3.8, 4) is 11.5 Å². The first-order valence-corrected chi connectivity index (χ1v) is 6.74. The molecule has 0 aliphatic heterocycles. The number of ether oxygens (including phenoxy) is 2. The molecule has 1 aromatic heterocycles. The van der Waals surface area contributed by atoms with Crippen molar-refractivity contribution in [3.63, 3.8) is 0 Å². The summed E-state index contributed by atoms with van der Waals surface area (Å²) in [5, 5.41) is 6.74. The van der Waals surface area contributed by atoms with Crippen LogP contribution in [0, 0.1) is 0 Å². The minimum Gasteiger partial charge on any atom is -0.493 e. The van der Waals surface area contributed by atoms with Gasteiger partial charge in [0.1, 0.15) is 0 Å².